The number of pyridine rings is 1. The Balaban J connectivity index is 1.73. The smallest absolute Gasteiger partial charge is 0.285 e. The van der Waals surface area contributed by atoms with E-state index >= 15 is 0 Å². The molecule has 2 heterocycles. The molecule has 0 aliphatic carbocycles. The SMILES string of the molecule is CC(C)(C)N(C(=O)c1ccc(Cl)cc1)N(SN1CCN(Cc2ccc(Cl)nc2)/C1=N/[N+](=O)[O-])C(=O)c1ccccc1. The van der Waals surface area contributed by atoms with E-state index < -0.39 is 22.4 Å². The molecule has 0 spiro atoms. The lowest BCUT2D eigenvalue weighted by molar-refractivity contribution is -0.486. The van der Waals surface area contributed by atoms with Crippen LogP contribution in [0.25, 0.3) is 0 Å². The number of hydrogen-bond acceptors (Lipinski definition) is 6. The van der Waals surface area contributed by atoms with Crippen LogP contribution in [0.5, 0.6) is 0 Å². The van der Waals surface area contributed by atoms with Gasteiger partial charge in [-0.1, -0.05) is 47.5 Å². The molecular weight excluding hydrogens is 589 g/mol. The zero-order chi connectivity index (χ0) is 29.7. The highest BCUT2D eigenvalue weighted by molar-refractivity contribution is 7.95. The quantitative estimate of drug-likeness (QED) is 0.146. The molecule has 0 N–H and O–H groups in total. The van der Waals surface area contributed by atoms with Crippen molar-refractivity contribution < 1.29 is 14.6 Å². The van der Waals surface area contributed by atoms with Crippen molar-refractivity contribution in [2.45, 2.75) is 32.9 Å². The molecule has 0 unspecified atom stereocenters. The van der Waals surface area contributed by atoms with Crippen LogP contribution in [-0.2, 0) is 6.54 Å². The summed E-state index contributed by atoms with van der Waals surface area (Å²) in [5.41, 5.74) is 0.523. The Hall–Kier alpha value is -3.87. The molecule has 41 heavy (non-hydrogen) atoms. The number of carbonyl (C=O) groups is 2. The van der Waals surface area contributed by atoms with Crippen LogP contribution in [0.3, 0.4) is 0 Å². The van der Waals surface area contributed by atoms with E-state index in [1.807, 2.05) is 0 Å². The molecule has 0 saturated carbocycles. The number of hydrogen-bond donors (Lipinski definition) is 0. The molecule has 1 saturated heterocycles. The van der Waals surface area contributed by atoms with Gasteiger partial charge in [0.2, 0.25) is 0 Å². The molecule has 11 nitrogen and oxygen atoms in total. The number of nitrogens with zero attached hydrogens (tertiary/aromatic N) is 7. The first-order valence-corrected chi connectivity index (χ1v) is 14.0. The highest BCUT2D eigenvalue weighted by Crippen LogP contribution is 2.32. The van der Waals surface area contributed by atoms with Crippen molar-refractivity contribution in [3.63, 3.8) is 0 Å². The van der Waals surface area contributed by atoms with Crippen molar-refractivity contribution in [2.75, 3.05) is 13.1 Å². The summed E-state index contributed by atoms with van der Waals surface area (Å²) in [6.45, 7) is 6.31. The summed E-state index contributed by atoms with van der Waals surface area (Å²) in [5, 5.41) is 16.6. The van der Waals surface area contributed by atoms with Gasteiger partial charge in [0.15, 0.2) is 5.03 Å². The van der Waals surface area contributed by atoms with Crippen molar-refractivity contribution in [1.82, 2.24) is 23.6 Å². The fourth-order valence-corrected chi connectivity index (χ4v) is 5.41. The van der Waals surface area contributed by atoms with Crippen LogP contribution in [0.15, 0.2) is 78.0 Å². The van der Waals surface area contributed by atoms with Gasteiger partial charge >= 0.3 is 0 Å². The summed E-state index contributed by atoms with van der Waals surface area (Å²) in [6, 6.07) is 18.2. The van der Waals surface area contributed by atoms with E-state index in [9.17, 15) is 19.7 Å². The molecule has 4 rings (SSSR count). The van der Waals surface area contributed by atoms with Gasteiger partial charge in [-0.25, -0.2) is 20.1 Å². The van der Waals surface area contributed by atoms with Gasteiger partial charge in [0.1, 0.15) is 10.3 Å². The van der Waals surface area contributed by atoms with E-state index in [0.29, 0.717) is 27.8 Å². The molecule has 1 aliphatic rings. The van der Waals surface area contributed by atoms with Crippen LogP contribution >= 0.6 is 35.3 Å². The molecule has 1 fully saturated rings. The number of carbonyl (C=O) groups excluding carboxylic acids is 2. The molecular formula is C27H27Cl2N7O4S. The lowest BCUT2D eigenvalue weighted by atomic mass is 10.1. The number of guanidine groups is 1. The maximum atomic E-state index is 14.0. The number of aromatic nitrogens is 1. The second-order valence-electron chi connectivity index (χ2n) is 9.97. The minimum Gasteiger partial charge on any atom is -0.331 e. The van der Waals surface area contributed by atoms with Crippen molar-refractivity contribution in [3.05, 3.63) is 110 Å². The molecule has 1 aromatic heterocycles. The number of nitro groups is 1. The van der Waals surface area contributed by atoms with Crippen LogP contribution in [0.4, 0.5) is 0 Å². The second-order valence-corrected chi connectivity index (χ2v) is 11.7. The molecule has 2 aromatic carbocycles. The molecule has 0 radical (unpaired) electrons. The summed E-state index contributed by atoms with van der Waals surface area (Å²) >= 11 is 12.8. The third-order valence-electron chi connectivity index (χ3n) is 5.88. The molecule has 0 bridgehead atoms. The van der Waals surface area contributed by atoms with Crippen LogP contribution in [0.1, 0.15) is 47.1 Å². The highest BCUT2D eigenvalue weighted by atomic mass is 35.5. The Labute approximate surface area is 251 Å². The van der Waals surface area contributed by atoms with Crippen LogP contribution in [0.2, 0.25) is 10.2 Å². The zero-order valence-corrected chi connectivity index (χ0v) is 24.8. The van der Waals surface area contributed by atoms with Crippen molar-refractivity contribution >= 4 is 53.1 Å². The summed E-state index contributed by atoms with van der Waals surface area (Å²) in [6.07, 6.45) is 1.58. The summed E-state index contributed by atoms with van der Waals surface area (Å²) < 4.78 is 2.76. The molecule has 2 amide bonds. The molecule has 3 aromatic rings. The van der Waals surface area contributed by atoms with Gasteiger partial charge in [-0.3, -0.25) is 13.9 Å². The predicted molar refractivity (Wildman–Crippen MR) is 158 cm³/mol. The van der Waals surface area contributed by atoms with E-state index in [4.69, 9.17) is 23.2 Å². The van der Waals surface area contributed by atoms with Gasteiger partial charge in [0.25, 0.3) is 17.8 Å². The number of benzene rings is 2. The predicted octanol–water partition coefficient (Wildman–Crippen LogP) is 5.62. The Bertz CT molecular complexity index is 1430. The Morgan fingerprint density at radius 3 is 2.24 bits per heavy atom. The fraction of sp³-hybridized carbons (Fsp3) is 0.259. The third kappa shape index (κ3) is 7.46. The first-order valence-electron chi connectivity index (χ1n) is 12.5. The number of hydrazine groups is 1. The minimum absolute atomic E-state index is 0.0219. The second kappa shape index (κ2) is 12.8. The van der Waals surface area contributed by atoms with E-state index in [0.717, 1.165) is 17.7 Å². The molecule has 214 valence electrons. The molecule has 14 heteroatoms. The number of rotatable bonds is 7. The zero-order valence-electron chi connectivity index (χ0n) is 22.5. The number of halogens is 2. The van der Waals surface area contributed by atoms with Crippen LogP contribution < -0.4 is 0 Å². The van der Waals surface area contributed by atoms with Gasteiger partial charge in [-0.2, -0.15) is 4.41 Å². The van der Waals surface area contributed by atoms with Crippen LogP contribution in [0, 0.1) is 10.1 Å². The minimum atomic E-state index is -0.886. The van der Waals surface area contributed by atoms with Gasteiger partial charge in [0, 0.05) is 35.4 Å². The van der Waals surface area contributed by atoms with Crippen molar-refractivity contribution in [2.24, 2.45) is 5.10 Å². The first kappa shape index (κ1) is 30.1. The lowest BCUT2D eigenvalue weighted by Gasteiger charge is -2.43. The Morgan fingerprint density at radius 1 is 1.00 bits per heavy atom. The van der Waals surface area contributed by atoms with E-state index in [1.165, 1.54) is 13.7 Å². The average Bonchev–Trinajstić information content (AvgIpc) is 3.29. The van der Waals surface area contributed by atoms with E-state index in [2.05, 4.69) is 10.1 Å². The topological polar surface area (TPSA) is 115 Å². The van der Waals surface area contributed by atoms with Gasteiger partial charge < -0.3 is 4.90 Å². The molecule has 1 aliphatic heterocycles. The van der Waals surface area contributed by atoms with Gasteiger partial charge in [0.05, 0.1) is 24.2 Å². The normalized spacial score (nSPS) is 14.3. The van der Waals surface area contributed by atoms with E-state index in [-0.39, 0.29) is 19.0 Å². The number of amides is 2. The van der Waals surface area contributed by atoms with Crippen molar-refractivity contribution in [3.8, 4) is 0 Å². The molecule has 0 atom stereocenters. The van der Waals surface area contributed by atoms with E-state index in [1.54, 1.807) is 98.6 Å². The summed E-state index contributed by atoms with van der Waals surface area (Å²) in [4.78, 5) is 45.3. The largest absolute Gasteiger partial charge is 0.331 e. The maximum absolute atomic E-state index is 14.0. The average molecular weight is 617 g/mol. The maximum Gasteiger partial charge on any atom is 0.285 e. The standard InChI is InChI=1S/C27H27Cl2N7O4S/c1-27(2,3)34(24(37)21-10-12-22(28)13-11-21)35(25(38)20-7-5-4-6-8-20)41-33-16-15-32(26(33)31-36(39)40)18-19-9-14-23(29)30-17-19/h4-14,17H,15-16,18H2,1-3H3/b31-26-. The fourth-order valence-electron chi connectivity index (χ4n) is 4.03. The first-order chi connectivity index (χ1) is 19.4. The van der Waals surface area contributed by atoms with Crippen molar-refractivity contribution in [1.29, 1.82) is 0 Å². The summed E-state index contributed by atoms with van der Waals surface area (Å²) in [5.74, 6) is -0.927. The van der Waals surface area contributed by atoms with Gasteiger partial charge in [-0.05, 0) is 68.8 Å². The van der Waals surface area contributed by atoms with Gasteiger partial charge in [-0.15, -0.1) is 0 Å². The lowest BCUT2D eigenvalue weighted by Crippen LogP contribution is -2.56. The monoisotopic (exact) mass is 615 g/mol. The Kier molecular flexibility index (Phi) is 9.36. The summed E-state index contributed by atoms with van der Waals surface area (Å²) in [7, 11) is 0. The third-order valence-corrected chi connectivity index (χ3v) is 7.39. The Morgan fingerprint density at radius 2 is 1.66 bits per heavy atom. The highest BCUT2D eigenvalue weighted by Gasteiger charge is 2.41. The van der Waals surface area contributed by atoms with Crippen LogP contribution in [-0.4, -0.2) is 65.0 Å². The number of hydrazone groups is 1.